The minimum absolute atomic E-state index is 0.159. The number of rotatable bonds is 9. The highest BCUT2D eigenvalue weighted by Crippen LogP contribution is 2.35. The van der Waals surface area contributed by atoms with Crippen LogP contribution in [0, 0.1) is 0 Å². The van der Waals surface area contributed by atoms with Gasteiger partial charge in [0.05, 0.1) is 30.2 Å². The molecule has 0 aromatic heterocycles. The average Bonchev–Trinajstić information content (AvgIpc) is 3.59. The fourth-order valence-corrected chi connectivity index (χ4v) is 6.54. The number of carbonyl (C=O) groups excluding carboxylic acids is 6. The molecule has 12 nitrogen and oxygen atoms in total. The maximum atomic E-state index is 11.8. The lowest BCUT2D eigenvalue weighted by atomic mass is 10.3. The third-order valence-electron chi connectivity index (χ3n) is 6.50. The van der Waals surface area contributed by atoms with E-state index in [-0.39, 0.29) is 19.3 Å². The van der Waals surface area contributed by atoms with Gasteiger partial charge in [0, 0.05) is 0 Å². The monoisotopic (exact) mass is 605 g/mol. The van der Waals surface area contributed by atoms with Gasteiger partial charge in [-0.2, -0.15) is 0 Å². The van der Waals surface area contributed by atoms with E-state index in [9.17, 15) is 28.8 Å². The van der Waals surface area contributed by atoms with Gasteiger partial charge >= 0.3 is 35.8 Å². The van der Waals surface area contributed by atoms with Gasteiger partial charge in [0.1, 0.15) is 17.2 Å². The zero-order chi connectivity index (χ0) is 30.1. The number of esters is 6. The molecule has 3 atom stereocenters. The van der Waals surface area contributed by atoms with Crippen LogP contribution in [-0.2, 0) is 53.9 Å². The molecule has 0 saturated carbocycles. The summed E-state index contributed by atoms with van der Waals surface area (Å²) in [5, 5.41) is 0. The van der Waals surface area contributed by atoms with E-state index < -0.39 is 65.0 Å². The highest BCUT2D eigenvalue weighted by Gasteiger charge is 2.38. The summed E-state index contributed by atoms with van der Waals surface area (Å²) < 4.78 is 30.6. The quantitative estimate of drug-likeness (QED) is 0.152. The summed E-state index contributed by atoms with van der Waals surface area (Å²) in [7, 11) is -0.693. The van der Waals surface area contributed by atoms with Gasteiger partial charge in [-0.15, -0.1) is 0 Å². The zero-order valence-electron chi connectivity index (χ0n) is 22.1. The van der Waals surface area contributed by atoms with Gasteiger partial charge in [-0.25, -0.2) is 14.4 Å². The first-order chi connectivity index (χ1) is 20.7. The lowest BCUT2D eigenvalue weighted by molar-refractivity contribution is -0.155. The second-order valence-corrected chi connectivity index (χ2v) is 11.6. The molecule has 3 heterocycles. The second kappa shape index (κ2) is 11.6. The van der Waals surface area contributed by atoms with E-state index in [1.807, 2.05) is 36.4 Å². The Kier molecular flexibility index (Phi) is 7.55. The van der Waals surface area contributed by atoms with Crippen molar-refractivity contribution in [3.8, 4) is 17.2 Å². The molecule has 3 unspecified atom stereocenters. The van der Waals surface area contributed by atoms with Crippen LogP contribution in [0.1, 0.15) is 19.3 Å². The van der Waals surface area contributed by atoms with Gasteiger partial charge in [0.25, 0.3) is 0 Å². The van der Waals surface area contributed by atoms with Crippen LogP contribution in [-0.4, -0.2) is 54.1 Å². The number of ether oxygens (including phenoxy) is 6. The van der Waals surface area contributed by atoms with Gasteiger partial charge in [-0.1, -0.05) is 0 Å². The highest BCUT2D eigenvalue weighted by atomic mass is 32.2. The molecule has 218 valence electrons. The summed E-state index contributed by atoms with van der Waals surface area (Å²) in [6, 6.07) is 21.1. The molecule has 43 heavy (non-hydrogen) atoms. The smallest absolute Gasteiger partial charge is 0.355 e. The van der Waals surface area contributed by atoms with Crippen LogP contribution in [0.15, 0.2) is 87.5 Å². The molecule has 0 spiro atoms. The van der Waals surface area contributed by atoms with Crippen LogP contribution >= 0.6 is 0 Å². The summed E-state index contributed by atoms with van der Waals surface area (Å²) in [4.78, 5) is 72.2. The van der Waals surface area contributed by atoms with Gasteiger partial charge in [-0.05, 0) is 72.8 Å². The number of benzene rings is 3. The van der Waals surface area contributed by atoms with Crippen molar-refractivity contribution < 1.29 is 57.2 Å². The Morgan fingerprint density at radius 3 is 0.907 bits per heavy atom. The lowest BCUT2D eigenvalue weighted by Gasteiger charge is -2.13. The highest BCUT2D eigenvalue weighted by molar-refractivity contribution is 7.97. The Bertz CT molecular complexity index is 1420. The summed E-state index contributed by atoms with van der Waals surface area (Å²) in [6.07, 6.45) is -3.49. The summed E-state index contributed by atoms with van der Waals surface area (Å²) in [5.41, 5.74) is 0. The van der Waals surface area contributed by atoms with Gasteiger partial charge in [0.2, 0.25) is 18.3 Å². The largest absolute Gasteiger partial charge is 0.478 e. The molecule has 0 bridgehead atoms. The molecule has 0 aliphatic carbocycles. The van der Waals surface area contributed by atoms with Gasteiger partial charge in [-0.3, -0.25) is 14.4 Å². The van der Waals surface area contributed by atoms with Crippen LogP contribution in [0.2, 0.25) is 0 Å². The first-order valence-corrected chi connectivity index (χ1v) is 14.2. The Morgan fingerprint density at radius 2 is 0.698 bits per heavy atom. The van der Waals surface area contributed by atoms with Crippen molar-refractivity contribution in [2.24, 2.45) is 0 Å². The van der Waals surface area contributed by atoms with Crippen LogP contribution in [0.4, 0.5) is 0 Å². The molecule has 3 aromatic rings. The predicted molar refractivity (Wildman–Crippen MR) is 142 cm³/mol. The molecule has 3 fully saturated rings. The Labute approximate surface area is 246 Å². The normalized spacial score (nSPS) is 22.2. The zero-order valence-corrected chi connectivity index (χ0v) is 22.9. The fraction of sp³-hybridized carbons (Fsp3) is 0.200. The number of carbonyl (C=O) groups is 6. The molecule has 6 rings (SSSR count). The van der Waals surface area contributed by atoms with Crippen molar-refractivity contribution in [2.45, 2.75) is 52.3 Å². The molecule has 3 saturated heterocycles. The first kappa shape index (κ1) is 28.0. The summed E-state index contributed by atoms with van der Waals surface area (Å²) in [6.45, 7) is 0. The number of cyclic esters (lactones) is 6. The van der Waals surface area contributed by atoms with E-state index in [4.69, 9.17) is 14.2 Å². The fourth-order valence-electron chi connectivity index (χ4n) is 4.50. The standard InChI is InChI=1S/C30H21O12S/c31-25-13-22(28(34)40-25)37-16-1-7-19(8-2-16)43(20-9-3-17(4-10-20)38-23-14-26(32)41-29(23)35)21-11-5-18(6-12-21)39-24-15-27(33)42-30(24)36/h1-12,22-24H,13-15H2/q+1. The van der Waals surface area contributed by atoms with Crippen LogP contribution < -0.4 is 14.2 Å². The number of hydrogen-bond donors (Lipinski definition) is 0. The number of hydrogen-bond acceptors (Lipinski definition) is 12. The molecule has 0 radical (unpaired) electrons. The maximum Gasteiger partial charge on any atom is 0.355 e. The van der Waals surface area contributed by atoms with Crippen molar-refractivity contribution in [3.63, 3.8) is 0 Å². The molecule has 0 N–H and O–H groups in total. The SMILES string of the molecule is O=C1CC(Oc2ccc([S+](c3ccc(OC4CC(=O)OC4=O)cc3)c3ccc(OC4CC(=O)OC4=O)cc3)cc2)C(=O)O1. The topological polar surface area (TPSA) is 158 Å². The van der Waals surface area contributed by atoms with E-state index in [1.54, 1.807) is 36.4 Å². The van der Waals surface area contributed by atoms with Crippen LogP contribution in [0.5, 0.6) is 17.2 Å². The molecular weight excluding hydrogens is 584 g/mol. The van der Waals surface area contributed by atoms with Crippen molar-refractivity contribution in [3.05, 3.63) is 72.8 Å². The van der Waals surface area contributed by atoms with E-state index in [0.717, 1.165) is 14.7 Å². The van der Waals surface area contributed by atoms with Crippen LogP contribution in [0.3, 0.4) is 0 Å². The Hall–Kier alpha value is -5.17. The van der Waals surface area contributed by atoms with E-state index >= 15 is 0 Å². The van der Waals surface area contributed by atoms with Gasteiger partial charge < -0.3 is 28.4 Å². The Morgan fingerprint density at radius 1 is 0.442 bits per heavy atom. The third-order valence-corrected chi connectivity index (χ3v) is 8.73. The molecule has 3 aliphatic rings. The van der Waals surface area contributed by atoms with Crippen molar-refractivity contribution in [1.29, 1.82) is 0 Å². The van der Waals surface area contributed by atoms with Crippen molar-refractivity contribution in [1.82, 2.24) is 0 Å². The molecular formula is C30H21O12S+. The summed E-state index contributed by atoms with van der Waals surface area (Å²) in [5.74, 6) is -2.97. The minimum Gasteiger partial charge on any atom is -0.478 e. The minimum atomic E-state index is -1.00. The lowest BCUT2D eigenvalue weighted by Crippen LogP contribution is -2.21. The van der Waals surface area contributed by atoms with E-state index in [2.05, 4.69) is 14.2 Å². The molecule has 3 aliphatic heterocycles. The first-order valence-electron chi connectivity index (χ1n) is 13.0. The predicted octanol–water partition coefficient (Wildman–Crippen LogP) is 2.44. The third kappa shape index (κ3) is 6.21. The summed E-state index contributed by atoms with van der Waals surface area (Å²) >= 11 is 0. The average molecular weight is 606 g/mol. The maximum absolute atomic E-state index is 11.8. The van der Waals surface area contributed by atoms with Crippen LogP contribution in [0.25, 0.3) is 0 Å². The second-order valence-electron chi connectivity index (χ2n) is 9.53. The van der Waals surface area contributed by atoms with Gasteiger partial charge in [0.15, 0.2) is 14.7 Å². The van der Waals surface area contributed by atoms with Crippen molar-refractivity contribution in [2.75, 3.05) is 0 Å². The Balaban J connectivity index is 1.25. The van der Waals surface area contributed by atoms with E-state index in [1.165, 1.54) is 0 Å². The molecule has 0 amide bonds. The molecule has 3 aromatic carbocycles. The van der Waals surface area contributed by atoms with E-state index in [0.29, 0.717) is 17.2 Å². The molecule has 13 heteroatoms. The van der Waals surface area contributed by atoms with Crippen molar-refractivity contribution >= 4 is 46.7 Å².